The Morgan fingerprint density at radius 2 is 1.73 bits per heavy atom. The molecular weight excluding hydrogens is 556 g/mol. The van der Waals surface area contributed by atoms with Gasteiger partial charge in [-0.15, -0.1) is 17.3 Å². The molecule has 0 N–H and O–H groups in total. The molecule has 0 fully saturated rings. The van der Waals surface area contributed by atoms with Crippen molar-refractivity contribution in [1.29, 1.82) is 0 Å². The van der Waals surface area contributed by atoms with Gasteiger partial charge >= 0.3 is 5.97 Å². The van der Waals surface area contributed by atoms with Crippen LogP contribution >= 0.6 is 11.3 Å². The van der Waals surface area contributed by atoms with Crippen LogP contribution in [-0.2, 0) is 26.0 Å². The molecule has 214 valence electrons. The van der Waals surface area contributed by atoms with E-state index in [9.17, 15) is 13.2 Å². The van der Waals surface area contributed by atoms with Gasteiger partial charge < -0.3 is 14.2 Å². The summed E-state index contributed by atoms with van der Waals surface area (Å²) in [6.45, 7) is 4.60. The molecule has 1 aromatic heterocycles. The minimum Gasteiger partial charge on any atom is -0.494 e. The molecule has 4 rings (SSSR count). The topological polar surface area (TPSA) is 78.9 Å². The molecule has 0 saturated heterocycles. The normalized spacial score (nSPS) is 11.9. The summed E-state index contributed by atoms with van der Waals surface area (Å²) < 4.78 is 40.5. The number of carbonyl (C=O) groups is 1. The second kappa shape index (κ2) is 13.7. The van der Waals surface area contributed by atoms with Crippen LogP contribution in [0.25, 0.3) is 21.2 Å². The van der Waals surface area contributed by atoms with E-state index < -0.39 is 9.84 Å². The number of ether oxygens (including phenoxy) is 3. The van der Waals surface area contributed by atoms with Gasteiger partial charge in [-0.25, -0.2) is 8.42 Å². The molecule has 4 aromatic rings. The monoisotopic (exact) mass is 590 g/mol. The Labute approximate surface area is 246 Å². The number of esters is 1. The molecule has 0 aliphatic heterocycles. The van der Waals surface area contributed by atoms with E-state index in [2.05, 4.69) is 48.4 Å². The van der Waals surface area contributed by atoms with Gasteiger partial charge in [-0.05, 0) is 84.3 Å². The Morgan fingerprint density at radius 3 is 2.41 bits per heavy atom. The maximum atomic E-state index is 11.8. The molecule has 6 nitrogen and oxygen atoms in total. The quantitative estimate of drug-likeness (QED) is 0.101. The summed E-state index contributed by atoms with van der Waals surface area (Å²) in [6.07, 6.45) is 1.91. The minimum absolute atomic E-state index is 0.119. The third kappa shape index (κ3) is 8.35. The molecule has 0 aliphatic carbocycles. The highest BCUT2D eigenvalue weighted by atomic mass is 32.2. The molecule has 1 atom stereocenters. The van der Waals surface area contributed by atoms with Gasteiger partial charge in [0.05, 0.1) is 31.8 Å². The maximum absolute atomic E-state index is 11.8. The summed E-state index contributed by atoms with van der Waals surface area (Å²) >= 11 is 1.70. The van der Waals surface area contributed by atoms with E-state index in [1.165, 1.54) is 23.5 Å². The van der Waals surface area contributed by atoms with Crippen LogP contribution in [0, 0.1) is 18.8 Å². The smallest absolute Gasteiger partial charge is 0.307 e. The number of sulfone groups is 1. The number of benzene rings is 3. The van der Waals surface area contributed by atoms with E-state index in [0.29, 0.717) is 19.6 Å². The number of hydrogen-bond acceptors (Lipinski definition) is 7. The number of methoxy groups -OCH3 is 1. The summed E-state index contributed by atoms with van der Waals surface area (Å²) in [5, 5.41) is 3.34. The van der Waals surface area contributed by atoms with Crippen LogP contribution in [0.1, 0.15) is 42.4 Å². The van der Waals surface area contributed by atoms with Crippen LogP contribution in [0.2, 0.25) is 0 Å². The van der Waals surface area contributed by atoms with Crippen molar-refractivity contribution in [2.75, 3.05) is 25.7 Å². The standard InChI is InChI=1S/C33H34O6S2/c1-5-7-26(20-33(34)37-3)25-9-11-27(12-10-25)39-21-24-8-15-32-30(19-24)31(22-40-32)29-14-13-28(18-23(29)2)38-16-6-17-41(4,35)36/h8-15,18-19,22,26H,6,16-17,20-21H2,1-4H3/t26-/m0/s1. The molecule has 8 heteroatoms. The minimum atomic E-state index is -2.99. The van der Waals surface area contributed by atoms with Crippen LogP contribution in [0.3, 0.4) is 0 Å². The van der Waals surface area contributed by atoms with Gasteiger partial charge in [0.15, 0.2) is 0 Å². The molecule has 0 aliphatic rings. The predicted octanol–water partition coefficient (Wildman–Crippen LogP) is 6.94. The van der Waals surface area contributed by atoms with Gasteiger partial charge in [0.1, 0.15) is 27.9 Å². The van der Waals surface area contributed by atoms with E-state index >= 15 is 0 Å². The molecular formula is C33H34O6S2. The lowest BCUT2D eigenvalue weighted by molar-refractivity contribution is -0.140. The van der Waals surface area contributed by atoms with Gasteiger partial charge in [-0.2, -0.15) is 0 Å². The van der Waals surface area contributed by atoms with Crippen molar-refractivity contribution in [3.63, 3.8) is 0 Å². The molecule has 0 spiro atoms. The third-order valence-electron chi connectivity index (χ3n) is 6.66. The largest absolute Gasteiger partial charge is 0.494 e. The fourth-order valence-electron chi connectivity index (χ4n) is 4.55. The Morgan fingerprint density at radius 1 is 0.976 bits per heavy atom. The van der Waals surface area contributed by atoms with Crippen molar-refractivity contribution in [2.45, 2.75) is 39.2 Å². The Kier molecular flexibility index (Phi) is 10.1. The summed E-state index contributed by atoms with van der Waals surface area (Å²) in [4.78, 5) is 11.8. The maximum Gasteiger partial charge on any atom is 0.307 e. The zero-order valence-corrected chi connectivity index (χ0v) is 25.4. The predicted molar refractivity (Wildman–Crippen MR) is 165 cm³/mol. The van der Waals surface area contributed by atoms with Crippen molar-refractivity contribution >= 4 is 37.2 Å². The van der Waals surface area contributed by atoms with Crippen LogP contribution < -0.4 is 9.47 Å². The lowest BCUT2D eigenvalue weighted by atomic mass is 9.96. The summed E-state index contributed by atoms with van der Waals surface area (Å²) in [6, 6.07) is 20.1. The number of rotatable bonds is 12. The summed E-state index contributed by atoms with van der Waals surface area (Å²) in [7, 11) is -1.60. The zero-order chi connectivity index (χ0) is 29.4. The van der Waals surface area contributed by atoms with Crippen LogP contribution in [0.4, 0.5) is 0 Å². The van der Waals surface area contributed by atoms with Gasteiger partial charge in [0.2, 0.25) is 0 Å². The molecule has 41 heavy (non-hydrogen) atoms. The van der Waals surface area contributed by atoms with Crippen molar-refractivity contribution in [3.05, 3.63) is 82.7 Å². The lowest BCUT2D eigenvalue weighted by Crippen LogP contribution is -2.08. The van der Waals surface area contributed by atoms with Crippen molar-refractivity contribution in [1.82, 2.24) is 0 Å². The van der Waals surface area contributed by atoms with Crippen molar-refractivity contribution < 1.29 is 27.4 Å². The lowest BCUT2D eigenvalue weighted by Gasteiger charge is -2.12. The number of carbonyl (C=O) groups excluding carboxylic acids is 1. The van der Waals surface area contributed by atoms with Gasteiger partial charge in [-0.1, -0.05) is 30.2 Å². The zero-order valence-electron chi connectivity index (χ0n) is 23.7. The number of fused-ring (bicyclic) bond motifs is 1. The molecule has 0 unspecified atom stereocenters. The molecule has 3 aromatic carbocycles. The third-order valence-corrected chi connectivity index (χ3v) is 8.65. The van der Waals surface area contributed by atoms with E-state index in [1.807, 2.05) is 36.4 Å². The second-order valence-electron chi connectivity index (χ2n) is 9.87. The first-order valence-electron chi connectivity index (χ1n) is 13.3. The van der Waals surface area contributed by atoms with Crippen molar-refractivity contribution in [3.8, 4) is 34.5 Å². The van der Waals surface area contributed by atoms with Crippen LogP contribution in [0.15, 0.2) is 66.0 Å². The van der Waals surface area contributed by atoms with Crippen LogP contribution in [0.5, 0.6) is 11.5 Å². The first-order chi connectivity index (χ1) is 19.7. The SMILES string of the molecule is CC#C[C@@H](CC(=O)OC)c1ccc(OCc2ccc3scc(-c4ccc(OCCCS(C)(=O)=O)cc4C)c3c2)cc1. The Balaban J connectivity index is 1.44. The van der Waals surface area contributed by atoms with Gasteiger partial charge in [0, 0.05) is 21.9 Å². The van der Waals surface area contributed by atoms with E-state index in [1.54, 1.807) is 18.3 Å². The van der Waals surface area contributed by atoms with Gasteiger partial charge in [0.25, 0.3) is 0 Å². The molecule has 1 heterocycles. The van der Waals surface area contributed by atoms with Crippen molar-refractivity contribution in [2.24, 2.45) is 0 Å². The molecule has 0 saturated carbocycles. The fraction of sp³-hybridized carbons (Fsp3) is 0.303. The average molecular weight is 591 g/mol. The number of aryl methyl sites for hydroxylation is 1. The highest BCUT2D eigenvalue weighted by Crippen LogP contribution is 2.37. The molecule has 0 radical (unpaired) electrons. The Bertz CT molecular complexity index is 1670. The highest BCUT2D eigenvalue weighted by Gasteiger charge is 2.15. The number of hydrogen-bond donors (Lipinski definition) is 0. The van der Waals surface area contributed by atoms with E-state index in [4.69, 9.17) is 14.2 Å². The average Bonchev–Trinajstić information content (AvgIpc) is 3.37. The fourth-order valence-corrected chi connectivity index (χ4v) is 6.14. The second-order valence-corrected chi connectivity index (χ2v) is 13.0. The Hall–Kier alpha value is -3.80. The highest BCUT2D eigenvalue weighted by molar-refractivity contribution is 7.90. The molecule has 0 bridgehead atoms. The van der Waals surface area contributed by atoms with E-state index in [-0.39, 0.29) is 24.1 Å². The van der Waals surface area contributed by atoms with Gasteiger partial charge in [-0.3, -0.25) is 4.79 Å². The van der Waals surface area contributed by atoms with Crippen LogP contribution in [-0.4, -0.2) is 40.1 Å². The number of thiophene rings is 1. The first-order valence-corrected chi connectivity index (χ1v) is 16.2. The summed E-state index contributed by atoms with van der Waals surface area (Å²) in [5.41, 5.74) is 5.38. The first kappa shape index (κ1) is 30.2. The molecule has 0 amide bonds. The van der Waals surface area contributed by atoms with E-state index in [0.717, 1.165) is 39.3 Å². The summed E-state index contributed by atoms with van der Waals surface area (Å²) in [5.74, 6) is 7.06.